The zero-order valence-electron chi connectivity index (χ0n) is 17.4. The quantitative estimate of drug-likeness (QED) is 0.603. The second kappa shape index (κ2) is 8.32. The molecule has 0 spiro atoms. The van der Waals surface area contributed by atoms with Crippen LogP contribution in [0.5, 0.6) is 0 Å². The van der Waals surface area contributed by atoms with Gasteiger partial charge in [-0.2, -0.15) is 0 Å². The fourth-order valence-corrected chi connectivity index (χ4v) is 3.71. The summed E-state index contributed by atoms with van der Waals surface area (Å²) in [4.78, 5) is 11.5. The molecule has 0 aromatic carbocycles. The van der Waals surface area contributed by atoms with E-state index in [0.717, 1.165) is 0 Å². The molecule has 0 bridgehead atoms. The number of carboxylic acid groups (broad SMARTS) is 1. The summed E-state index contributed by atoms with van der Waals surface area (Å²) in [5.41, 5.74) is -0.164. The maximum atomic E-state index is 11.5. The Morgan fingerprint density at radius 3 is 1.83 bits per heavy atom. The van der Waals surface area contributed by atoms with Gasteiger partial charge in [-0.05, 0) is 49.2 Å². The Hall–Kier alpha value is -0.393. The zero-order valence-corrected chi connectivity index (χ0v) is 18.4. The molecule has 0 heterocycles. The molecule has 4 nitrogen and oxygen atoms in total. The normalized spacial score (nSPS) is 18.8. The van der Waals surface area contributed by atoms with Crippen LogP contribution in [0.25, 0.3) is 0 Å². The molecule has 0 aliphatic rings. The van der Waals surface area contributed by atoms with Crippen LogP contribution >= 0.6 is 0 Å². The van der Waals surface area contributed by atoms with E-state index in [1.807, 2.05) is 20.8 Å². The van der Waals surface area contributed by atoms with E-state index in [4.69, 9.17) is 4.43 Å². The maximum Gasteiger partial charge on any atom is 0.308 e. The summed E-state index contributed by atoms with van der Waals surface area (Å²) in [6.07, 6.45) is 0.604. The summed E-state index contributed by atoms with van der Waals surface area (Å²) in [6, 6.07) is 0. The van der Waals surface area contributed by atoms with Crippen molar-refractivity contribution in [3.05, 3.63) is 0 Å². The van der Waals surface area contributed by atoms with Crippen LogP contribution in [-0.4, -0.2) is 36.7 Å². The Morgan fingerprint density at radius 2 is 1.50 bits per heavy atom. The highest BCUT2D eigenvalue weighted by Crippen LogP contribution is 2.39. The Kier molecular flexibility index (Phi) is 8.19. The molecule has 144 valence electrons. The predicted octanol–water partition coefficient (Wildman–Crippen LogP) is 4.92. The van der Waals surface area contributed by atoms with E-state index >= 15 is 0 Å². The molecule has 0 saturated carbocycles. The molecular weight excluding hydrogens is 320 g/mol. The van der Waals surface area contributed by atoms with E-state index < -0.39 is 26.3 Å². The zero-order chi connectivity index (χ0) is 19.5. The van der Waals surface area contributed by atoms with Crippen LogP contribution in [0.4, 0.5) is 0 Å². The maximum absolute atomic E-state index is 11.5. The van der Waals surface area contributed by atoms with E-state index in [2.05, 4.69) is 40.8 Å². The lowest BCUT2D eigenvalue weighted by molar-refractivity contribution is -0.144. The standard InChI is InChI=1S/C19H40O4Si/c1-13(12-16(20)18(3,4)5)11-15(14(2)17(21)22)23-24(9,10)19(6,7)8/h13-16,20H,11-12H2,1-10H3,(H,21,22)/t13-,14-,15-,16-/m0/s1. The second-order valence-electron chi connectivity index (χ2n) is 10.0. The number of aliphatic hydroxyl groups excluding tert-OH is 1. The first-order valence-corrected chi connectivity index (χ1v) is 12.0. The molecule has 0 rings (SSSR count). The van der Waals surface area contributed by atoms with Gasteiger partial charge in [0.15, 0.2) is 8.32 Å². The van der Waals surface area contributed by atoms with Gasteiger partial charge in [-0.1, -0.05) is 48.5 Å². The molecule has 4 atom stereocenters. The average molecular weight is 361 g/mol. The lowest BCUT2D eigenvalue weighted by Gasteiger charge is -2.41. The lowest BCUT2D eigenvalue weighted by Crippen LogP contribution is -2.47. The number of hydrogen-bond acceptors (Lipinski definition) is 3. The first-order chi connectivity index (χ1) is 10.5. The van der Waals surface area contributed by atoms with Crippen molar-refractivity contribution >= 4 is 14.3 Å². The molecule has 5 heteroatoms. The van der Waals surface area contributed by atoms with Crippen molar-refractivity contribution in [2.24, 2.45) is 17.3 Å². The molecule has 24 heavy (non-hydrogen) atoms. The minimum absolute atomic E-state index is 0.0393. The number of carbonyl (C=O) groups is 1. The highest BCUT2D eigenvalue weighted by atomic mass is 28.4. The third-order valence-corrected chi connectivity index (χ3v) is 9.96. The van der Waals surface area contributed by atoms with Gasteiger partial charge in [0.1, 0.15) is 0 Å². The molecule has 0 fully saturated rings. The van der Waals surface area contributed by atoms with E-state index in [0.29, 0.717) is 12.8 Å². The highest BCUT2D eigenvalue weighted by molar-refractivity contribution is 6.74. The van der Waals surface area contributed by atoms with Gasteiger partial charge < -0.3 is 14.6 Å². The molecule has 0 saturated heterocycles. The molecule has 0 aliphatic heterocycles. The van der Waals surface area contributed by atoms with Crippen LogP contribution in [0.1, 0.15) is 68.2 Å². The summed E-state index contributed by atoms with van der Waals surface area (Å²) in [7, 11) is -2.05. The number of aliphatic hydroxyl groups is 1. The van der Waals surface area contributed by atoms with Crippen molar-refractivity contribution < 1.29 is 19.4 Å². The van der Waals surface area contributed by atoms with Gasteiger partial charge in [0.2, 0.25) is 0 Å². The van der Waals surface area contributed by atoms with Crippen molar-refractivity contribution in [2.45, 2.75) is 98.6 Å². The second-order valence-corrected chi connectivity index (χ2v) is 14.8. The monoisotopic (exact) mass is 360 g/mol. The molecule has 0 unspecified atom stereocenters. The Balaban J connectivity index is 5.14. The lowest BCUT2D eigenvalue weighted by atomic mass is 9.82. The fourth-order valence-electron chi connectivity index (χ4n) is 2.30. The topological polar surface area (TPSA) is 66.8 Å². The van der Waals surface area contributed by atoms with Crippen molar-refractivity contribution in [1.29, 1.82) is 0 Å². The van der Waals surface area contributed by atoms with Gasteiger partial charge in [0.25, 0.3) is 0 Å². The van der Waals surface area contributed by atoms with Crippen molar-refractivity contribution in [1.82, 2.24) is 0 Å². The number of carboxylic acids is 1. The third kappa shape index (κ3) is 7.24. The van der Waals surface area contributed by atoms with Crippen LogP contribution in [0.15, 0.2) is 0 Å². The van der Waals surface area contributed by atoms with E-state index in [-0.39, 0.29) is 22.5 Å². The van der Waals surface area contributed by atoms with Gasteiger partial charge in [0.05, 0.1) is 18.1 Å². The summed E-state index contributed by atoms with van der Waals surface area (Å²) >= 11 is 0. The molecule has 0 aliphatic carbocycles. The van der Waals surface area contributed by atoms with Crippen LogP contribution in [0, 0.1) is 17.3 Å². The minimum atomic E-state index is -2.05. The Labute approximate surface area is 150 Å². The van der Waals surface area contributed by atoms with Gasteiger partial charge in [0, 0.05) is 0 Å². The molecule has 2 N–H and O–H groups in total. The van der Waals surface area contributed by atoms with E-state index in [1.165, 1.54) is 0 Å². The predicted molar refractivity (Wildman–Crippen MR) is 103 cm³/mol. The van der Waals surface area contributed by atoms with Crippen molar-refractivity contribution in [3.63, 3.8) is 0 Å². The van der Waals surface area contributed by atoms with Crippen LogP contribution in [0.3, 0.4) is 0 Å². The van der Waals surface area contributed by atoms with Gasteiger partial charge in [-0.25, -0.2) is 0 Å². The first-order valence-electron chi connectivity index (χ1n) is 9.07. The van der Waals surface area contributed by atoms with Crippen LogP contribution < -0.4 is 0 Å². The number of hydrogen-bond donors (Lipinski definition) is 2. The largest absolute Gasteiger partial charge is 0.481 e. The smallest absolute Gasteiger partial charge is 0.308 e. The van der Waals surface area contributed by atoms with Gasteiger partial charge in [-0.15, -0.1) is 0 Å². The molecule has 0 radical (unpaired) electrons. The fraction of sp³-hybridized carbons (Fsp3) is 0.947. The van der Waals surface area contributed by atoms with Gasteiger partial charge in [-0.3, -0.25) is 4.79 Å². The molecule has 0 amide bonds. The van der Waals surface area contributed by atoms with Crippen LogP contribution in [0.2, 0.25) is 18.1 Å². The highest BCUT2D eigenvalue weighted by Gasteiger charge is 2.41. The Morgan fingerprint density at radius 1 is 1.04 bits per heavy atom. The molecule has 0 aromatic heterocycles. The number of aliphatic carboxylic acids is 1. The van der Waals surface area contributed by atoms with E-state index in [9.17, 15) is 15.0 Å². The van der Waals surface area contributed by atoms with Gasteiger partial charge >= 0.3 is 5.97 Å². The average Bonchev–Trinajstić information content (AvgIpc) is 2.33. The summed E-state index contributed by atoms with van der Waals surface area (Å²) in [6.45, 7) is 20.7. The van der Waals surface area contributed by atoms with Crippen molar-refractivity contribution in [3.8, 4) is 0 Å². The SMILES string of the molecule is C[C@@H](C[C@H](O[Si](C)(C)C(C)(C)C)[C@H](C)C(=O)O)C[C@H](O)C(C)(C)C. The third-order valence-electron chi connectivity index (χ3n) is 5.46. The Bertz CT molecular complexity index is 407. The summed E-state index contributed by atoms with van der Waals surface area (Å²) < 4.78 is 6.44. The minimum Gasteiger partial charge on any atom is -0.481 e. The molecule has 0 aromatic rings. The number of rotatable bonds is 8. The summed E-state index contributed by atoms with van der Waals surface area (Å²) in [5, 5.41) is 19.8. The van der Waals surface area contributed by atoms with Crippen LogP contribution in [-0.2, 0) is 9.22 Å². The van der Waals surface area contributed by atoms with Crippen molar-refractivity contribution in [2.75, 3.05) is 0 Å². The first kappa shape index (κ1) is 23.6. The van der Waals surface area contributed by atoms with E-state index in [1.54, 1.807) is 6.92 Å². The molecular formula is C19H40O4Si. The summed E-state index contributed by atoms with van der Waals surface area (Å²) in [5.74, 6) is -1.16.